The van der Waals surface area contributed by atoms with Gasteiger partial charge >= 0.3 is 6.03 Å². The van der Waals surface area contributed by atoms with E-state index < -0.39 is 6.03 Å². The van der Waals surface area contributed by atoms with E-state index in [-0.39, 0.29) is 5.91 Å². The van der Waals surface area contributed by atoms with Crippen molar-refractivity contribution < 1.29 is 9.59 Å². The quantitative estimate of drug-likeness (QED) is 0.848. The number of benzene rings is 1. The minimum atomic E-state index is -0.603. The Kier molecular flexibility index (Phi) is 2.96. The molecule has 0 atom stereocenters. The number of carbonyl (C=O) groups excluding carboxylic acids is 2. The molecule has 0 spiro atoms. The highest BCUT2D eigenvalue weighted by Crippen LogP contribution is 2.28. The van der Waals surface area contributed by atoms with Gasteiger partial charge in [-0.2, -0.15) is 5.32 Å². The predicted octanol–water partition coefficient (Wildman–Crippen LogP) is 1.86. The fourth-order valence-corrected chi connectivity index (χ4v) is 2.08. The number of amides is 3. The molecule has 1 aliphatic rings. The van der Waals surface area contributed by atoms with Crippen molar-refractivity contribution in [2.75, 3.05) is 0 Å². The fraction of sp³-hybridized carbons (Fsp3) is 0.0909. The van der Waals surface area contributed by atoms with E-state index in [1.807, 2.05) is 30.3 Å². The zero-order chi connectivity index (χ0) is 11.5. The van der Waals surface area contributed by atoms with Crippen LogP contribution in [0.3, 0.4) is 0 Å². The zero-order valence-electron chi connectivity index (χ0n) is 8.56. The molecule has 16 heavy (non-hydrogen) atoms. The Morgan fingerprint density at radius 3 is 2.56 bits per heavy atom. The summed E-state index contributed by atoms with van der Waals surface area (Å²) in [6.45, 7) is 1.65. The third kappa shape index (κ3) is 2.25. The first-order valence-corrected chi connectivity index (χ1v) is 5.49. The van der Waals surface area contributed by atoms with Gasteiger partial charge in [0.05, 0.1) is 0 Å². The summed E-state index contributed by atoms with van der Waals surface area (Å²) >= 11 is 1.31. The minimum Gasteiger partial charge on any atom is -0.272 e. The van der Waals surface area contributed by atoms with Crippen LogP contribution in [0.15, 0.2) is 45.8 Å². The van der Waals surface area contributed by atoms with Gasteiger partial charge in [-0.3, -0.25) is 10.1 Å². The number of carbonyl (C=O) groups is 2. The number of rotatable bonds is 2. The maximum atomic E-state index is 11.3. The average Bonchev–Trinajstić information content (AvgIpc) is 2.27. The first kappa shape index (κ1) is 10.8. The molecule has 2 rings (SSSR count). The van der Waals surface area contributed by atoms with Crippen LogP contribution in [-0.2, 0) is 4.79 Å². The topological polar surface area (TPSA) is 60.3 Å². The van der Waals surface area contributed by atoms with Crippen molar-refractivity contribution in [3.05, 3.63) is 40.9 Å². The molecule has 5 heteroatoms. The van der Waals surface area contributed by atoms with E-state index in [2.05, 4.69) is 10.6 Å². The van der Waals surface area contributed by atoms with Crippen LogP contribution in [0.25, 0.3) is 0 Å². The number of nitrogens with zero attached hydrogens (tertiary/aromatic N) is 1. The lowest BCUT2D eigenvalue weighted by Gasteiger charge is -2.15. The van der Waals surface area contributed by atoms with Crippen LogP contribution >= 0.6 is 11.8 Å². The molecule has 4 nitrogen and oxygen atoms in total. The Bertz CT molecular complexity index is 468. The van der Waals surface area contributed by atoms with E-state index in [4.69, 9.17) is 0 Å². The van der Waals surface area contributed by atoms with E-state index >= 15 is 0 Å². The van der Waals surface area contributed by atoms with Gasteiger partial charge in [0.25, 0.3) is 5.91 Å². The second-order valence-corrected chi connectivity index (χ2v) is 4.28. The van der Waals surface area contributed by atoms with Gasteiger partial charge in [0.2, 0.25) is 0 Å². The number of nitrogens with one attached hydrogen (secondary N) is 1. The Labute approximate surface area is 97.1 Å². The normalized spacial score (nSPS) is 15.8. The van der Waals surface area contributed by atoms with Gasteiger partial charge in [-0.1, -0.05) is 30.0 Å². The van der Waals surface area contributed by atoms with Crippen LogP contribution in [0.5, 0.6) is 0 Å². The Balaban J connectivity index is 2.24. The molecule has 0 saturated carbocycles. The highest BCUT2D eigenvalue weighted by molar-refractivity contribution is 8.03. The summed E-state index contributed by atoms with van der Waals surface area (Å²) in [5, 5.41) is 6.37. The lowest BCUT2D eigenvalue weighted by Crippen LogP contribution is -2.40. The van der Waals surface area contributed by atoms with E-state index in [0.717, 1.165) is 4.90 Å². The Morgan fingerprint density at radius 2 is 1.88 bits per heavy atom. The van der Waals surface area contributed by atoms with Gasteiger partial charge in [-0.25, -0.2) is 4.79 Å². The molecule has 1 aliphatic heterocycles. The van der Waals surface area contributed by atoms with E-state index in [1.165, 1.54) is 11.8 Å². The van der Waals surface area contributed by atoms with Crippen LogP contribution in [0.1, 0.15) is 6.92 Å². The number of urea groups is 1. The average molecular weight is 233 g/mol. The summed E-state index contributed by atoms with van der Waals surface area (Å²) in [5.74, 6) is -0.376. The summed E-state index contributed by atoms with van der Waals surface area (Å²) in [4.78, 5) is 23.4. The van der Waals surface area contributed by atoms with Crippen LogP contribution in [0.4, 0.5) is 4.79 Å². The van der Waals surface area contributed by atoms with Crippen molar-refractivity contribution in [1.29, 1.82) is 0 Å². The first-order valence-electron chi connectivity index (χ1n) is 4.67. The molecule has 1 heterocycles. The van der Waals surface area contributed by atoms with Crippen LogP contribution in [-0.4, -0.2) is 11.9 Å². The summed E-state index contributed by atoms with van der Waals surface area (Å²) in [7, 11) is 0. The molecule has 3 amide bonds. The first-order chi connectivity index (χ1) is 7.66. The largest absolute Gasteiger partial charge is 0.348 e. The van der Waals surface area contributed by atoms with Gasteiger partial charge in [-0.05, 0) is 19.1 Å². The van der Waals surface area contributed by atoms with Gasteiger partial charge in [-0.15, -0.1) is 0 Å². The maximum Gasteiger partial charge on any atom is 0.348 e. The molecule has 0 fully saturated rings. The van der Waals surface area contributed by atoms with Crippen molar-refractivity contribution >= 4 is 23.7 Å². The van der Waals surface area contributed by atoms with Gasteiger partial charge < -0.3 is 0 Å². The third-order valence-electron chi connectivity index (χ3n) is 2.04. The predicted molar refractivity (Wildman–Crippen MR) is 60.7 cm³/mol. The highest BCUT2D eigenvalue weighted by Gasteiger charge is 2.23. The Hall–Kier alpha value is -1.75. The van der Waals surface area contributed by atoms with Crippen LogP contribution in [0, 0.1) is 0 Å². The molecule has 1 N–H and O–H groups in total. The van der Waals surface area contributed by atoms with Crippen molar-refractivity contribution in [3.63, 3.8) is 0 Å². The van der Waals surface area contributed by atoms with E-state index in [1.54, 1.807) is 6.92 Å². The minimum absolute atomic E-state index is 0.376. The second kappa shape index (κ2) is 4.40. The lowest BCUT2D eigenvalue weighted by molar-refractivity contribution is -0.116. The van der Waals surface area contributed by atoms with Crippen LogP contribution in [0.2, 0.25) is 0 Å². The van der Waals surface area contributed by atoms with Gasteiger partial charge in [0.15, 0.2) is 0 Å². The molecule has 1 aromatic carbocycles. The molecule has 1 aromatic rings. The number of imide groups is 1. The summed E-state index contributed by atoms with van der Waals surface area (Å²) in [6, 6.07) is 8.89. The molecule has 0 aromatic heterocycles. The molecule has 0 unspecified atom stereocenters. The number of hydrogen-bond donors (Lipinski definition) is 1. The van der Waals surface area contributed by atoms with E-state index in [0.29, 0.717) is 10.6 Å². The molecule has 81 valence electrons. The zero-order valence-corrected chi connectivity index (χ0v) is 9.38. The number of hydrogen-bond acceptors (Lipinski definition) is 3. The summed E-state index contributed by atoms with van der Waals surface area (Å²) in [6.07, 6.45) is 0. The fourth-order valence-electron chi connectivity index (χ4n) is 1.19. The smallest absolute Gasteiger partial charge is 0.272 e. The molecular formula is C11H9N2O2S. The SMILES string of the molecule is CC1=C(Sc2ccccc2)[N]C(=O)NC1=O. The van der Waals surface area contributed by atoms with Crippen molar-refractivity contribution in [1.82, 2.24) is 10.6 Å². The van der Waals surface area contributed by atoms with Crippen molar-refractivity contribution in [2.24, 2.45) is 0 Å². The number of thioether (sulfide) groups is 1. The summed E-state index contributed by atoms with van der Waals surface area (Å²) < 4.78 is 0. The molecule has 0 saturated heterocycles. The summed E-state index contributed by atoms with van der Waals surface area (Å²) in [5.41, 5.74) is 0.466. The Morgan fingerprint density at radius 1 is 1.19 bits per heavy atom. The second-order valence-electron chi connectivity index (χ2n) is 3.22. The standard InChI is InChI=1S/C11H9N2O2S/c1-7-9(14)12-11(15)13-10(7)16-8-5-3-2-4-6-8/h2-6H,1H3,(H,12,14,15). The molecule has 0 aliphatic carbocycles. The third-order valence-corrected chi connectivity index (χ3v) is 3.14. The van der Waals surface area contributed by atoms with Crippen molar-refractivity contribution in [2.45, 2.75) is 11.8 Å². The molecular weight excluding hydrogens is 224 g/mol. The molecule has 1 radical (unpaired) electrons. The van der Waals surface area contributed by atoms with Crippen LogP contribution < -0.4 is 10.6 Å². The monoisotopic (exact) mass is 233 g/mol. The maximum absolute atomic E-state index is 11.3. The van der Waals surface area contributed by atoms with E-state index in [9.17, 15) is 9.59 Å². The van der Waals surface area contributed by atoms with Gasteiger partial charge in [0.1, 0.15) is 5.03 Å². The lowest BCUT2D eigenvalue weighted by atomic mass is 10.3. The molecule has 0 bridgehead atoms. The van der Waals surface area contributed by atoms with Gasteiger partial charge in [0, 0.05) is 10.5 Å². The van der Waals surface area contributed by atoms with Crippen molar-refractivity contribution in [3.8, 4) is 0 Å². The highest BCUT2D eigenvalue weighted by atomic mass is 32.2.